The van der Waals surface area contributed by atoms with Gasteiger partial charge in [-0.3, -0.25) is 4.79 Å². The predicted molar refractivity (Wildman–Crippen MR) is 85.0 cm³/mol. The molecule has 0 spiro atoms. The topological polar surface area (TPSA) is 17.1 Å². The minimum absolute atomic E-state index is 0.148. The summed E-state index contributed by atoms with van der Waals surface area (Å²) in [4.78, 5) is 12.8. The van der Waals surface area contributed by atoms with E-state index in [4.69, 9.17) is 11.6 Å². The Morgan fingerprint density at radius 3 is 1.86 bits per heavy atom. The number of carbonyl (C=O) groups excluding carboxylic acids is 1. The monoisotopic (exact) mass is 304 g/mol. The Hall–Kier alpha value is -1.67. The van der Waals surface area contributed by atoms with Crippen LogP contribution in [0.15, 0.2) is 18.2 Å². The maximum absolute atomic E-state index is 13.2. The average Bonchev–Trinajstić information content (AvgIpc) is 2.43. The van der Waals surface area contributed by atoms with E-state index in [-0.39, 0.29) is 10.8 Å². The second kappa shape index (κ2) is 5.61. The van der Waals surface area contributed by atoms with Crippen LogP contribution in [0.25, 0.3) is 0 Å². The summed E-state index contributed by atoms with van der Waals surface area (Å²) in [7, 11) is 0. The van der Waals surface area contributed by atoms with Crippen molar-refractivity contribution in [1.29, 1.82) is 0 Å². The minimum atomic E-state index is -0.443. The Morgan fingerprint density at radius 2 is 1.38 bits per heavy atom. The van der Waals surface area contributed by atoms with E-state index in [1.807, 2.05) is 27.7 Å². The first-order valence-corrected chi connectivity index (χ1v) is 7.20. The Bertz CT molecular complexity index is 718. The van der Waals surface area contributed by atoms with Gasteiger partial charge in [-0.1, -0.05) is 11.6 Å². The van der Waals surface area contributed by atoms with E-state index in [1.165, 1.54) is 23.8 Å². The molecule has 110 valence electrons. The second-order valence-corrected chi connectivity index (χ2v) is 5.86. The molecule has 0 saturated heterocycles. The van der Waals surface area contributed by atoms with Crippen molar-refractivity contribution in [2.75, 3.05) is 0 Å². The molecular formula is C18H18ClFO. The smallest absolute Gasteiger partial charge is 0.195 e. The molecule has 1 nitrogen and oxygen atoms in total. The van der Waals surface area contributed by atoms with Gasteiger partial charge in [0.15, 0.2) is 5.78 Å². The summed E-state index contributed by atoms with van der Waals surface area (Å²) in [6, 6.07) is 3.88. The van der Waals surface area contributed by atoms with Crippen LogP contribution in [0.1, 0.15) is 43.7 Å². The highest BCUT2D eigenvalue weighted by atomic mass is 35.5. The molecule has 0 aliphatic heterocycles. The Kier molecular flexibility index (Phi) is 4.20. The van der Waals surface area contributed by atoms with E-state index in [2.05, 4.69) is 6.92 Å². The highest BCUT2D eigenvalue weighted by Crippen LogP contribution is 2.29. The van der Waals surface area contributed by atoms with Crippen LogP contribution in [0.3, 0.4) is 0 Å². The molecule has 0 aromatic heterocycles. The zero-order valence-electron chi connectivity index (χ0n) is 12.9. The molecule has 0 aliphatic rings. The van der Waals surface area contributed by atoms with Crippen molar-refractivity contribution in [3.8, 4) is 0 Å². The maximum Gasteiger partial charge on any atom is 0.195 e. The molecule has 0 amide bonds. The molecule has 0 saturated carbocycles. The van der Waals surface area contributed by atoms with Gasteiger partial charge in [-0.15, -0.1) is 0 Å². The summed E-state index contributed by atoms with van der Waals surface area (Å²) in [6.45, 7) is 9.98. The Morgan fingerprint density at radius 1 is 0.905 bits per heavy atom. The van der Waals surface area contributed by atoms with E-state index in [0.717, 1.165) is 22.3 Å². The number of hydrogen-bond donors (Lipinski definition) is 0. The van der Waals surface area contributed by atoms with Crippen LogP contribution in [0.2, 0.25) is 5.02 Å². The van der Waals surface area contributed by atoms with Crippen molar-refractivity contribution in [3.63, 3.8) is 0 Å². The lowest BCUT2D eigenvalue weighted by Crippen LogP contribution is -2.11. The van der Waals surface area contributed by atoms with Gasteiger partial charge in [-0.25, -0.2) is 4.39 Å². The zero-order chi connectivity index (χ0) is 15.9. The summed E-state index contributed by atoms with van der Waals surface area (Å²) in [6.07, 6.45) is 0. The van der Waals surface area contributed by atoms with Crippen LogP contribution in [-0.2, 0) is 0 Å². The molecule has 21 heavy (non-hydrogen) atoms. The second-order valence-electron chi connectivity index (χ2n) is 5.45. The highest BCUT2D eigenvalue weighted by Gasteiger charge is 2.21. The normalized spacial score (nSPS) is 10.8. The standard InChI is InChI=1S/C18H18ClFO/c1-9-10(2)12(4)17(13(5)11(9)3)18(21)15-7-6-14(20)8-16(15)19/h6-8H,1-5H3. The number of rotatable bonds is 2. The molecule has 2 rings (SSSR count). The van der Waals surface area contributed by atoms with E-state index in [9.17, 15) is 9.18 Å². The number of ketones is 1. The van der Waals surface area contributed by atoms with Crippen LogP contribution in [0, 0.1) is 40.4 Å². The molecular weight excluding hydrogens is 287 g/mol. The predicted octanol–water partition coefficient (Wildman–Crippen LogP) is 5.25. The van der Waals surface area contributed by atoms with Crippen LogP contribution in [-0.4, -0.2) is 5.78 Å². The number of halogens is 2. The third-order valence-corrected chi connectivity index (χ3v) is 4.72. The molecule has 0 aliphatic carbocycles. The van der Waals surface area contributed by atoms with Crippen molar-refractivity contribution < 1.29 is 9.18 Å². The third kappa shape index (κ3) is 2.60. The van der Waals surface area contributed by atoms with Crippen molar-refractivity contribution >= 4 is 17.4 Å². The van der Waals surface area contributed by atoms with Gasteiger partial charge in [0, 0.05) is 11.1 Å². The summed E-state index contributed by atoms with van der Waals surface area (Å²) in [5.41, 5.74) is 6.35. The van der Waals surface area contributed by atoms with Gasteiger partial charge in [0.1, 0.15) is 5.82 Å². The van der Waals surface area contributed by atoms with E-state index >= 15 is 0 Å². The number of benzene rings is 2. The third-order valence-electron chi connectivity index (χ3n) is 4.40. The first kappa shape index (κ1) is 15.7. The minimum Gasteiger partial charge on any atom is -0.289 e. The van der Waals surface area contributed by atoms with Gasteiger partial charge in [0.2, 0.25) is 0 Å². The van der Waals surface area contributed by atoms with Crippen LogP contribution < -0.4 is 0 Å². The van der Waals surface area contributed by atoms with Gasteiger partial charge in [0.25, 0.3) is 0 Å². The first-order chi connectivity index (χ1) is 9.75. The first-order valence-electron chi connectivity index (χ1n) is 6.82. The van der Waals surface area contributed by atoms with Gasteiger partial charge >= 0.3 is 0 Å². The summed E-state index contributed by atoms with van der Waals surface area (Å²) in [5.74, 6) is -0.595. The largest absolute Gasteiger partial charge is 0.289 e. The fourth-order valence-electron chi connectivity index (χ4n) is 2.65. The average molecular weight is 305 g/mol. The molecule has 0 fully saturated rings. The van der Waals surface area contributed by atoms with Crippen molar-refractivity contribution in [1.82, 2.24) is 0 Å². The van der Waals surface area contributed by atoms with Gasteiger partial charge in [-0.05, 0) is 80.6 Å². The maximum atomic E-state index is 13.2. The van der Waals surface area contributed by atoms with Crippen molar-refractivity contribution in [2.45, 2.75) is 34.6 Å². The number of carbonyl (C=O) groups is 1. The van der Waals surface area contributed by atoms with E-state index in [1.54, 1.807) is 0 Å². The molecule has 3 heteroatoms. The van der Waals surface area contributed by atoms with E-state index in [0.29, 0.717) is 11.1 Å². The SMILES string of the molecule is Cc1c(C)c(C)c(C(=O)c2ccc(F)cc2Cl)c(C)c1C. The fraction of sp³-hybridized carbons (Fsp3) is 0.278. The summed E-state index contributed by atoms with van der Waals surface area (Å²) >= 11 is 6.03. The zero-order valence-corrected chi connectivity index (χ0v) is 13.7. The van der Waals surface area contributed by atoms with Gasteiger partial charge in [-0.2, -0.15) is 0 Å². The van der Waals surface area contributed by atoms with E-state index < -0.39 is 5.82 Å². The lowest BCUT2D eigenvalue weighted by atomic mass is 9.86. The van der Waals surface area contributed by atoms with Gasteiger partial charge < -0.3 is 0 Å². The molecule has 2 aromatic rings. The summed E-state index contributed by atoms with van der Waals surface area (Å²) in [5, 5.41) is 0.148. The molecule has 0 unspecified atom stereocenters. The molecule has 2 aromatic carbocycles. The molecule has 0 heterocycles. The Balaban J connectivity index is 2.70. The summed E-state index contributed by atoms with van der Waals surface area (Å²) < 4.78 is 13.2. The van der Waals surface area contributed by atoms with Crippen LogP contribution >= 0.6 is 11.6 Å². The van der Waals surface area contributed by atoms with Crippen molar-refractivity contribution in [3.05, 3.63) is 68.0 Å². The lowest BCUT2D eigenvalue weighted by Gasteiger charge is -2.18. The van der Waals surface area contributed by atoms with Crippen LogP contribution in [0.4, 0.5) is 4.39 Å². The molecule has 0 atom stereocenters. The van der Waals surface area contributed by atoms with Crippen molar-refractivity contribution in [2.24, 2.45) is 0 Å². The lowest BCUT2D eigenvalue weighted by molar-refractivity contribution is 0.103. The Labute approximate surface area is 129 Å². The van der Waals surface area contributed by atoms with Crippen LogP contribution in [0.5, 0.6) is 0 Å². The molecule has 0 bridgehead atoms. The molecule has 0 radical (unpaired) electrons. The quantitative estimate of drug-likeness (QED) is 0.692. The highest BCUT2D eigenvalue weighted by molar-refractivity contribution is 6.35. The van der Waals surface area contributed by atoms with Gasteiger partial charge in [0.05, 0.1) is 5.02 Å². The fourth-order valence-corrected chi connectivity index (χ4v) is 2.90. The molecule has 0 N–H and O–H groups in total. The number of hydrogen-bond acceptors (Lipinski definition) is 1.